The molecule has 154 valence electrons. The highest BCUT2D eigenvalue weighted by molar-refractivity contribution is 14.0. The highest BCUT2D eigenvalue weighted by Crippen LogP contribution is 2.39. The van der Waals surface area contributed by atoms with Gasteiger partial charge in [-0.3, -0.25) is 0 Å². The Morgan fingerprint density at radius 2 is 2.07 bits per heavy atom. The number of hydrogen-bond acceptors (Lipinski definition) is 3. The molecule has 1 heterocycles. The second kappa shape index (κ2) is 9.92. The van der Waals surface area contributed by atoms with Crippen molar-refractivity contribution in [2.24, 2.45) is 4.99 Å². The summed E-state index contributed by atoms with van der Waals surface area (Å²) in [7, 11) is 0. The molecular formula is C22H26FIN4O. The Morgan fingerprint density at radius 1 is 1.31 bits per heavy atom. The van der Waals surface area contributed by atoms with Crippen molar-refractivity contribution in [2.45, 2.75) is 45.4 Å². The van der Waals surface area contributed by atoms with Crippen LogP contribution in [0.2, 0.25) is 0 Å². The van der Waals surface area contributed by atoms with Crippen LogP contribution in [0.5, 0.6) is 5.75 Å². The first-order chi connectivity index (χ1) is 13.4. The fourth-order valence-corrected chi connectivity index (χ4v) is 3.33. The van der Waals surface area contributed by atoms with Gasteiger partial charge in [-0.1, -0.05) is 24.3 Å². The summed E-state index contributed by atoms with van der Waals surface area (Å²) < 4.78 is 20.2. The third-order valence-electron chi connectivity index (χ3n) is 4.62. The quantitative estimate of drug-likeness (QED) is 0.358. The van der Waals surface area contributed by atoms with E-state index in [1.807, 2.05) is 37.3 Å². The van der Waals surface area contributed by atoms with E-state index in [4.69, 9.17) is 10.00 Å². The lowest BCUT2D eigenvalue weighted by Gasteiger charge is -2.38. The number of ether oxygens (including phenoxy) is 1. The van der Waals surface area contributed by atoms with E-state index >= 15 is 0 Å². The third-order valence-corrected chi connectivity index (χ3v) is 4.62. The molecule has 2 aromatic carbocycles. The number of rotatable bonds is 4. The molecule has 0 spiro atoms. The van der Waals surface area contributed by atoms with Crippen molar-refractivity contribution < 1.29 is 9.13 Å². The van der Waals surface area contributed by atoms with Gasteiger partial charge in [0.15, 0.2) is 5.96 Å². The number of nitrogens with zero attached hydrogens (tertiary/aromatic N) is 2. The Morgan fingerprint density at radius 3 is 2.76 bits per heavy atom. The minimum Gasteiger partial charge on any atom is -0.487 e. The van der Waals surface area contributed by atoms with Crippen LogP contribution in [0.4, 0.5) is 4.39 Å². The van der Waals surface area contributed by atoms with Crippen molar-refractivity contribution in [3.63, 3.8) is 0 Å². The number of nitrogens with one attached hydrogen (secondary N) is 2. The van der Waals surface area contributed by atoms with Gasteiger partial charge in [0.05, 0.1) is 24.2 Å². The smallest absolute Gasteiger partial charge is 0.192 e. The first-order valence-electron chi connectivity index (χ1n) is 9.43. The lowest BCUT2D eigenvalue weighted by atomic mass is 9.90. The predicted octanol–water partition coefficient (Wildman–Crippen LogP) is 4.67. The van der Waals surface area contributed by atoms with E-state index in [1.54, 1.807) is 12.1 Å². The van der Waals surface area contributed by atoms with Crippen LogP contribution in [0.25, 0.3) is 0 Å². The first kappa shape index (κ1) is 22.9. The zero-order chi connectivity index (χ0) is 20.1. The largest absolute Gasteiger partial charge is 0.487 e. The molecule has 1 unspecified atom stereocenters. The summed E-state index contributed by atoms with van der Waals surface area (Å²) in [4.78, 5) is 4.55. The standard InChI is InChI=1S/C22H25FN4O.HI/c1-4-25-21(26-14-16-10-9-15(13-24)11-18(16)23)27-19-12-22(2,3)28-20-8-6-5-7-17(19)20;/h5-11,19H,4,12,14H2,1-3H3,(H2,25,26,27);1H. The topological polar surface area (TPSA) is 69.4 Å². The molecule has 1 aliphatic rings. The first-order valence-corrected chi connectivity index (χ1v) is 9.43. The van der Waals surface area contributed by atoms with Crippen LogP contribution in [0.15, 0.2) is 47.5 Å². The Balaban J connectivity index is 0.00000300. The molecule has 0 fully saturated rings. The Labute approximate surface area is 188 Å². The summed E-state index contributed by atoms with van der Waals surface area (Å²) in [5.74, 6) is 1.06. The van der Waals surface area contributed by atoms with Crippen molar-refractivity contribution in [3.05, 3.63) is 65.0 Å². The average molecular weight is 508 g/mol. The van der Waals surface area contributed by atoms with Crippen molar-refractivity contribution in [1.82, 2.24) is 10.6 Å². The molecule has 29 heavy (non-hydrogen) atoms. The number of halogens is 2. The van der Waals surface area contributed by atoms with Crippen LogP contribution in [-0.2, 0) is 6.54 Å². The molecule has 1 aliphatic heterocycles. The van der Waals surface area contributed by atoms with Gasteiger partial charge in [-0.05, 0) is 39.0 Å². The number of guanidine groups is 1. The fourth-order valence-electron chi connectivity index (χ4n) is 3.33. The predicted molar refractivity (Wildman–Crippen MR) is 123 cm³/mol. The van der Waals surface area contributed by atoms with Crippen LogP contribution in [-0.4, -0.2) is 18.1 Å². The number of hydrogen-bond donors (Lipinski definition) is 2. The summed E-state index contributed by atoms with van der Waals surface area (Å²) in [5.41, 5.74) is 1.53. The molecule has 1 atom stereocenters. The highest BCUT2D eigenvalue weighted by Gasteiger charge is 2.33. The molecule has 5 nitrogen and oxygen atoms in total. The molecule has 0 radical (unpaired) electrons. The summed E-state index contributed by atoms with van der Waals surface area (Å²) in [5, 5.41) is 15.6. The van der Waals surface area contributed by atoms with E-state index < -0.39 is 5.82 Å². The van der Waals surface area contributed by atoms with Gasteiger partial charge in [-0.15, -0.1) is 24.0 Å². The van der Waals surface area contributed by atoms with E-state index in [2.05, 4.69) is 29.5 Å². The van der Waals surface area contributed by atoms with Gasteiger partial charge in [0.25, 0.3) is 0 Å². The van der Waals surface area contributed by atoms with E-state index in [9.17, 15) is 4.39 Å². The number of fused-ring (bicyclic) bond motifs is 1. The van der Waals surface area contributed by atoms with Crippen LogP contribution >= 0.6 is 24.0 Å². The molecular weight excluding hydrogens is 482 g/mol. The molecule has 0 amide bonds. The van der Waals surface area contributed by atoms with Gasteiger partial charge in [-0.2, -0.15) is 5.26 Å². The van der Waals surface area contributed by atoms with Crippen LogP contribution < -0.4 is 15.4 Å². The average Bonchev–Trinajstić information content (AvgIpc) is 2.66. The highest BCUT2D eigenvalue weighted by atomic mass is 127. The second-order valence-electron chi connectivity index (χ2n) is 7.41. The number of benzene rings is 2. The van der Waals surface area contributed by atoms with Crippen molar-refractivity contribution >= 4 is 29.9 Å². The third kappa shape index (κ3) is 5.82. The number of para-hydroxylation sites is 1. The Kier molecular flexibility index (Phi) is 7.85. The fraction of sp³-hybridized carbons (Fsp3) is 0.364. The van der Waals surface area contributed by atoms with Gasteiger partial charge >= 0.3 is 0 Å². The van der Waals surface area contributed by atoms with E-state index in [-0.39, 0.29) is 42.2 Å². The molecule has 0 saturated carbocycles. The van der Waals surface area contributed by atoms with Crippen molar-refractivity contribution in [3.8, 4) is 11.8 Å². The monoisotopic (exact) mass is 508 g/mol. The molecule has 2 N–H and O–H groups in total. The minimum absolute atomic E-state index is 0. The number of aliphatic imine (C=N–C) groups is 1. The van der Waals surface area contributed by atoms with Crippen molar-refractivity contribution in [2.75, 3.05) is 6.54 Å². The summed E-state index contributed by atoms with van der Waals surface area (Å²) in [6.07, 6.45) is 0.777. The molecule has 3 rings (SSSR count). The Bertz CT molecular complexity index is 923. The van der Waals surface area contributed by atoms with Crippen LogP contribution in [0.3, 0.4) is 0 Å². The Hall–Kier alpha value is -2.34. The van der Waals surface area contributed by atoms with Crippen LogP contribution in [0.1, 0.15) is 49.9 Å². The SMILES string of the molecule is CCNC(=NCc1ccc(C#N)cc1F)NC1CC(C)(C)Oc2ccccc21.I. The summed E-state index contributed by atoms with van der Waals surface area (Å²) in [6.45, 7) is 6.99. The van der Waals surface area contributed by atoms with E-state index in [0.717, 1.165) is 17.7 Å². The lowest BCUT2D eigenvalue weighted by molar-refractivity contribution is 0.0694. The minimum atomic E-state index is -0.420. The maximum Gasteiger partial charge on any atom is 0.192 e. The van der Waals surface area contributed by atoms with Gasteiger partial charge in [0, 0.05) is 24.1 Å². The molecule has 0 saturated heterocycles. The van der Waals surface area contributed by atoms with Crippen LogP contribution in [0, 0.1) is 17.1 Å². The molecule has 0 bridgehead atoms. The molecule has 7 heteroatoms. The molecule has 2 aromatic rings. The summed E-state index contributed by atoms with van der Waals surface area (Å²) >= 11 is 0. The molecule has 0 aromatic heterocycles. The normalized spacial score (nSPS) is 17.2. The van der Waals surface area contributed by atoms with E-state index in [0.29, 0.717) is 23.6 Å². The zero-order valence-electron chi connectivity index (χ0n) is 16.8. The van der Waals surface area contributed by atoms with Crippen molar-refractivity contribution in [1.29, 1.82) is 5.26 Å². The van der Waals surface area contributed by atoms with Gasteiger partial charge in [0.1, 0.15) is 17.2 Å². The maximum absolute atomic E-state index is 14.2. The van der Waals surface area contributed by atoms with E-state index in [1.165, 1.54) is 6.07 Å². The van der Waals surface area contributed by atoms with Gasteiger partial charge in [-0.25, -0.2) is 9.38 Å². The maximum atomic E-state index is 14.2. The molecule has 0 aliphatic carbocycles. The lowest BCUT2D eigenvalue weighted by Crippen LogP contribution is -2.45. The second-order valence-corrected chi connectivity index (χ2v) is 7.41. The summed E-state index contributed by atoms with van der Waals surface area (Å²) in [6, 6.07) is 14.4. The van der Waals surface area contributed by atoms with Gasteiger partial charge in [0.2, 0.25) is 0 Å². The van der Waals surface area contributed by atoms with Gasteiger partial charge < -0.3 is 15.4 Å². The number of nitriles is 1. The zero-order valence-corrected chi connectivity index (χ0v) is 19.2.